The summed E-state index contributed by atoms with van der Waals surface area (Å²) in [5.41, 5.74) is 0.980. The first-order valence-electron chi connectivity index (χ1n) is 7.66. The van der Waals surface area contributed by atoms with Crippen molar-refractivity contribution in [3.05, 3.63) is 29.8 Å². The zero-order chi connectivity index (χ0) is 15.9. The summed E-state index contributed by atoms with van der Waals surface area (Å²) in [6.07, 6.45) is 5.44. The Hall–Kier alpha value is -1.40. The number of aliphatic hydroxyl groups is 1. The van der Waals surface area contributed by atoms with Crippen LogP contribution in [0.4, 0.5) is 4.79 Å². The fourth-order valence-corrected chi connectivity index (χ4v) is 3.23. The van der Waals surface area contributed by atoms with Crippen molar-refractivity contribution in [2.75, 3.05) is 12.9 Å². The maximum absolute atomic E-state index is 11.9. The van der Waals surface area contributed by atoms with E-state index < -0.39 is 10.8 Å². The van der Waals surface area contributed by atoms with Gasteiger partial charge in [0.15, 0.2) is 0 Å². The highest BCUT2D eigenvalue weighted by Crippen LogP contribution is 2.23. The van der Waals surface area contributed by atoms with Gasteiger partial charge in [-0.15, -0.1) is 0 Å². The number of hydrogen-bond donors (Lipinski definition) is 3. The average Bonchev–Trinajstić information content (AvgIpc) is 2.54. The predicted molar refractivity (Wildman–Crippen MR) is 87.0 cm³/mol. The maximum Gasteiger partial charge on any atom is 0.315 e. The van der Waals surface area contributed by atoms with Crippen molar-refractivity contribution >= 4 is 16.8 Å². The lowest BCUT2D eigenvalue weighted by molar-refractivity contribution is 0.174. The van der Waals surface area contributed by atoms with E-state index in [4.69, 9.17) is 5.11 Å². The molecule has 1 saturated carbocycles. The topological polar surface area (TPSA) is 78.4 Å². The van der Waals surface area contributed by atoms with Gasteiger partial charge in [0.1, 0.15) is 0 Å². The second kappa shape index (κ2) is 8.29. The number of amides is 2. The molecule has 0 heterocycles. The van der Waals surface area contributed by atoms with Gasteiger partial charge in [-0.1, -0.05) is 12.1 Å². The van der Waals surface area contributed by atoms with Crippen LogP contribution in [0.3, 0.4) is 0 Å². The van der Waals surface area contributed by atoms with Gasteiger partial charge in [0.25, 0.3) is 0 Å². The number of aliphatic hydroxyl groups excluding tert-OH is 1. The number of hydrogen-bond acceptors (Lipinski definition) is 3. The lowest BCUT2D eigenvalue weighted by Gasteiger charge is -2.27. The van der Waals surface area contributed by atoms with Gasteiger partial charge in [-0.3, -0.25) is 4.21 Å². The Balaban J connectivity index is 1.72. The van der Waals surface area contributed by atoms with Crippen LogP contribution in [0.2, 0.25) is 0 Å². The van der Waals surface area contributed by atoms with Crippen LogP contribution in [0.1, 0.15) is 31.2 Å². The van der Waals surface area contributed by atoms with Crippen molar-refractivity contribution in [1.29, 1.82) is 0 Å². The molecule has 1 atom stereocenters. The van der Waals surface area contributed by atoms with E-state index in [1.54, 1.807) is 6.26 Å². The number of urea groups is 1. The van der Waals surface area contributed by atoms with Gasteiger partial charge in [0.2, 0.25) is 0 Å². The third kappa shape index (κ3) is 5.10. The van der Waals surface area contributed by atoms with E-state index in [1.165, 1.54) is 0 Å². The van der Waals surface area contributed by atoms with Gasteiger partial charge >= 0.3 is 6.03 Å². The summed E-state index contributed by atoms with van der Waals surface area (Å²) in [5.74, 6) is 0.392. The number of benzene rings is 1. The van der Waals surface area contributed by atoms with Crippen molar-refractivity contribution < 1.29 is 14.1 Å². The fraction of sp³-hybridized carbons (Fsp3) is 0.562. The van der Waals surface area contributed by atoms with Gasteiger partial charge in [-0.25, -0.2) is 4.79 Å². The molecule has 1 aromatic carbocycles. The Morgan fingerprint density at radius 3 is 2.41 bits per heavy atom. The van der Waals surface area contributed by atoms with Crippen LogP contribution in [0.5, 0.6) is 0 Å². The Kier molecular flexibility index (Phi) is 6.39. The van der Waals surface area contributed by atoms with E-state index >= 15 is 0 Å². The normalized spacial score (nSPS) is 22.8. The second-order valence-corrected chi connectivity index (χ2v) is 7.20. The van der Waals surface area contributed by atoms with Crippen LogP contribution in [0, 0.1) is 5.92 Å². The van der Waals surface area contributed by atoms with Crippen LogP contribution in [0.15, 0.2) is 29.2 Å². The molecule has 0 spiro atoms. The standard InChI is InChI=1S/C16H24N2O3S/c1-22(21)15-8-4-12(5-9-15)10-17-16(20)18-14-6-2-13(11-19)3-7-14/h4-5,8-9,13-14,19H,2-3,6-7,10-11H2,1H3,(H2,17,18,20). The summed E-state index contributed by atoms with van der Waals surface area (Å²) in [7, 11) is -0.976. The largest absolute Gasteiger partial charge is 0.396 e. The third-order valence-electron chi connectivity index (χ3n) is 4.15. The smallest absolute Gasteiger partial charge is 0.315 e. The fourth-order valence-electron chi connectivity index (χ4n) is 2.71. The van der Waals surface area contributed by atoms with Gasteiger partial charge in [0.05, 0.1) is 0 Å². The van der Waals surface area contributed by atoms with Crippen molar-refractivity contribution in [2.45, 2.75) is 43.2 Å². The van der Waals surface area contributed by atoms with Gasteiger partial charge in [-0.05, 0) is 49.3 Å². The van der Waals surface area contributed by atoms with Crippen molar-refractivity contribution in [3.63, 3.8) is 0 Å². The van der Waals surface area contributed by atoms with E-state index in [9.17, 15) is 9.00 Å². The minimum absolute atomic E-state index is 0.157. The van der Waals surface area contributed by atoms with Crippen molar-refractivity contribution in [2.24, 2.45) is 5.92 Å². The number of nitrogens with one attached hydrogen (secondary N) is 2. The molecule has 6 heteroatoms. The Labute approximate surface area is 134 Å². The molecule has 2 rings (SSSR count). The highest BCUT2D eigenvalue weighted by molar-refractivity contribution is 7.84. The molecule has 0 bridgehead atoms. The van der Waals surface area contributed by atoms with E-state index in [1.807, 2.05) is 24.3 Å². The SMILES string of the molecule is CS(=O)c1ccc(CNC(=O)NC2CCC(CO)CC2)cc1. The lowest BCUT2D eigenvalue weighted by atomic mass is 9.87. The molecular formula is C16H24N2O3S. The van der Waals surface area contributed by atoms with E-state index in [2.05, 4.69) is 10.6 Å². The van der Waals surface area contributed by atoms with Gasteiger partial charge in [-0.2, -0.15) is 0 Å². The summed E-state index contributed by atoms with van der Waals surface area (Å²) in [5, 5.41) is 14.9. The Bertz CT molecular complexity index is 511. The van der Waals surface area contributed by atoms with E-state index in [-0.39, 0.29) is 18.7 Å². The molecule has 2 amide bonds. The molecule has 22 heavy (non-hydrogen) atoms. The molecule has 0 radical (unpaired) electrons. The van der Waals surface area contributed by atoms with Crippen LogP contribution in [-0.2, 0) is 17.3 Å². The first-order valence-corrected chi connectivity index (χ1v) is 9.22. The molecule has 1 aromatic rings. The Morgan fingerprint density at radius 1 is 1.23 bits per heavy atom. The third-order valence-corrected chi connectivity index (χ3v) is 5.08. The van der Waals surface area contributed by atoms with Crippen molar-refractivity contribution in [1.82, 2.24) is 10.6 Å². The highest BCUT2D eigenvalue weighted by atomic mass is 32.2. The zero-order valence-electron chi connectivity index (χ0n) is 12.9. The molecule has 0 aliphatic heterocycles. The molecular weight excluding hydrogens is 300 g/mol. The van der Waals surface area contributed by atoms with Gasteiger partial charge < -0.3 is 15.7 Å². The average molecular weight is 324 g/mol. The molecule has 1 aliphatic rings. The molecule has 5 nitrogen and oxygen atoms in total. The van der Waals surface area contributed by atoms with Crippen LogP contribution < -0.4 is 10.6 Å². The van der Waals surface area contributed by atoms with Gasteiger partial charge in [0, 0.05) is 41.1 Å². The zero-order valence-corrected chi connectivity index (χ0v) is 13.7. The van der Waals surface area contributed by atoms with Crippen LogP contribution in [0.25, 0.3) is 0 Å². The minimum Gasteiger partial charge on any atom is -0.396 e. The minimum atomic E-state index is -0.976. The summed E-state index contributed by atoms with van der Waals surface area (Å²) >= 11 is 0. The molecule has 122 valence electrons. The first kappa shape index (κ1) is 17.0. The molecule has 1 aliphatic carbocycles. The first-order chi connectivity index (χ1) is 10.6. The lowest BCUT2D eigenvalue weighted by Crippen LogP contribution is -2.43. The number of carbonyl (C=O) groups is 1. The maximum atomic E-state index is 11.9. The summed E-state index contributed by atoms with van der Waals surface area (Å²) in [6.45, 7) is 0.700. The molecule has 0 saturated heterocycles. The van der Waals surface area contributed by atoms with Crippen LogP contribution in [-0.4, -0.2) is 34.3 Å². The Morgan fingerprint density at radius 2 is 1.86 bits per heavy atom. The summed E-state index contributed by atoms with van der Waals surface area (Å²) in [4.78, 5) is 12.7. The quantitative estimate of drug-likeness (QED) is 0.772. The molecule has 0 aromatic heterocycles. The molecule has 1 fully saturated rings. The van der Waals surface area contributed by atoms with Crippen LogP contribution >= 0.6 is 0 Å². The van der Waals surface area contributed by atoms with E-state index in [0.717, 1.165) is 36.1 Å². The highest BCUT2D eigenvalue weighted by Gasteiger charge is 2.21. The number of carbonyl (C=O) groups excluding carboxylic acids is 1. The second-order valence-electron chi connectivity index (χ2n) is 5.83. The summed E-state index contributed by atoms with van der Waals surface area (Å²) in [6, 6.07) is 7.44. The summed E-state index contributed by atoms with van der Waals surface area (Å²) < 4.78 is 11.3. The predicted octanol–water partition coefficient (Wildman–Crippen LogP) is 1.77. The monoisotopic (exact) mass is 324 g/mol. The van der Waals surface area contributed by atoms with E-state index in [0.29, 0.717) is 12.5 Å². The molecule has 3 N–H and O–H groups in total. The van der Waals surface area contributed by atoms with Crippen molar-refractivity contribution in [3.8, 4) is 0 Å². The number of rotatable bonds is 5. The molecule has 1 unspecified atom stereocenters.